The van der Waals surface area contributed by atoms with Gasteiger partial charge in [0, 0.05) is 6.07 Å². The number of anilines is 1. The van der Waals surface area contributed by atoms with Crippen LogP contribution < -0.4 is 10.1 Å². The number of hydrogen-bond acceptors (Lipinski definition) is 5. The molecular weight excluding hydrogens is 206 g/mol. The molecule has 1 saturated carbocycles. The Hall–Kier alpha value is -1.36. The van der Waals surface area contributed by atoms with Gasteiger partial charge in [0.15, 0.2) is 0 Å². The minimum atomic E-state index is -0.162. The summed E-state index contributed by atoms with van der Waals surface area (Å²) in [5.74, 6) is 1.97. The van der Waals surface area contributed by atoms with E-state index in [1.54, 1.807) is 6.07 Å². The summed E-state index contributed by atoms with van der Waals surface area (Å²) in [6.07, 6.45) is 1.97. The van der Waals surface area contributed by atoms with Gasteiger partial charge in [-0.15, -0.1) is 0 Å². The molecule has 0 spiro atoms. The molecule has 0 amide bonds. The zero-order valence-corrected chi connectivity index (χ0v) is 9.66. The van der Waals surface area contributed by atoms with Crippen LogP contribution in [0, 0.1) is 6.92 Å². The molecule has 0 atom stereocenters. The van der Waals surface area contributed by atoms with Crippen LogP contribution >= 0.6 is 0 Å². The maximum Gasteiger partial charge on any atom is 0.218 e. The third-order valence-corrected chi connectivity index (χ3v) is 2.66. The second kappa shape index (κ2) is 4.25. The fourth-order valence-corrected chi connectivity index (χ4v) is 1.57. The zero-order chi connectivity index (χ0) is 11.6. The van der Waals surface area contributed by atoms with Crippen LogP contribution in [-0.4, -0.2) is 33.8 Å². The number of aliphatic hydroxyl groups excluding tert-OH is 1. The summed E-state index contributed by atoms with van der Waals surface area (Å²) in [5, 5.41) is 12.5. The van der Waals surface area contributed by atoms with Crippen LogP contribution in [0.2, 0.25) is 0 Å². The summed E-state index contributed by atoms with van der Waals surface area (Å²) in [6.45, 7) is 4.47. The van der Waals surface area contributed by atoms with E-state index in [-0.39, 0.29) is 12.1 Å². The van der Waals surface area contributed by atoms with Gasteiger partial charge in [0.1, 0.15) is 11.6 Å². The standard InChI is InChI=1S/C11H17N3O2/c1-3-16-10-6-9(12-8(2)13-10)14-11(7-15)4-5-11/h6,15H,3-5,7H2,1-2H3,(H,12,13,14). The van der Waals surface area contributed by atoms with E-state index in [0.717, 1.165) is 18.7 Å². The van der Waals surface area contributed by atoms with Crippen molar-refractivity contribution in [2.75, 3.05) is 18.5 Å². The van der Waals surface area contributed by atoms with E-state index >= 15 is 0 Å². The number of aromatic nitrogens is 2. The Bertz CT molecular complexity index is 377. The lowest BCUT2D eigenvalue weighted by Crippen LogP contribution is -2.26. The van der Waals surface area contributed by atoms with Crippen molar-refractivity contribution >= 4 is 5.82 Å². The molecule has 1 fully saturated rings. The van der Waals surface area contributed by atoms with Crippen molar-refractivity contribution in [1.82, 2.24) is 9.97 Å². The minimum Gasteiger partial charge on any atom is -0.478 e. The molecule has 0 saturated heterocycles. The van der Waals surface area contributed by atoms with E-state index in [2.05, 4.69) is 15.3 Å². The lowest BCUT2D eigenvalue weighted by molar-refractivity contribution is 0.265. The Balaban J connectivity index is 2.14. The maximum atomic E-state index is 9.22. The van der Waals surface area contributed by atoms with Crippen LogP contribution in [0.3, 0.4) is 0 Å². The van der Waals surface area contributed by atoms with E-state index < -0.39 is 0 Å². The normalized spacial score (nSPS) is 16.9. The highest BCUT2D eigenvalue weighted by atomic mass is 16.5. The van der Waals surface area contributed by atoms with Gasteiger partial charge in [0.05, 0.1) is 18.8 Å². The third-order valence-electron chi connectivity index (χ3n) is 2.66. The molecule has 0 radical (unpaired) electrons. The Labute approximate surface area is 94.9 Å². The monoisotopic (exact) mass is 223 g/mol. The predicted molar refractivity (Wildman–Crippen MR) is 60.6 cm³/mol. The molecule has 0 aromatic carbocycles. The third kappa shape index (κ3) is 2.41. The predicted octanol–water partition coefficient (Wildman–Crippen LogP) is 1.12. The van der Waals surface area contributed by atoms with Crippen LogP contribution in [0.25, 0.3) is 0 Å². The number of nitrogens with zero attached hydrogens (tertiary/aromatic N) is 2. The molecule has 2 rings (SSSR count). The molecular formula is C11H17N3O2. The van der Waals surface area contributed by atoms with Gasteiger partial charge in [-0.1, -0.05) is 0 Å². The number of hydrogen-bond donors (Lipinski definition) is 2. The smallest absolute Gasteiger partial charge is 0.218 e. The highest BCUT2D eigenvalue weighted by Gasteiger charge is 2.42. The molecule has 0 bridgehead atoms. The first-order valence-corrected chi connectivity index (χ1v) is 5.55. The fraction of sp³-hybridized carbons (Fsp3) is 0.636. The van der Waals surface area contributed by atoms with Gasteiger partial charge in [-0.2, -0.15) is 4.98 Å². The van der Waals surface area contributed by atoms with Crippen LogP contribution in [0.15, 0.2) is 6.07 Å². The average molecular weight is 223 g/mol. The number of rotatable bonds is 5. The molecule has 1 aliphatic rings. The molecule has 1 aliphatic carbocycles. The Kier molecular flexibility index (Phi) is 2.96. The van der Waals surface area contributed by atoms with Gasteiger partial charge >= 0.3 is 0 Å². The minimum absolute atomic E-state index is 0.139. The Morgan fingerprint density at radius 2 is 2.25 bits per heavy atom. The topological polar surface area (TPSA) is 67.3 Å². The summed E-state index contributed by atoms with van der Waals surface area (Å²) in [5.41, 5.74) is -0.162. The van der Waals surface area contributed by atoms with Gasteiger partial charge in [-0.05, 0) is 26.7 Å². The number of aryl methyl sites for hydroxylation is 1. The molecule has 0 aliphatic heterocycles. The van der Waals surface area contributed by atoms with E-state index in [1.807, 2.05) is 13.8 Å². The van der Waals surface area contributed by atoms with E-state index in [4.69, 9.17) is 4.74 Å². The van der Waals surface area contributed by atoms with Gasteiger partial charge in [0.2, 0.25) is 5.88 Å². The number of nitrogens with one attached hydrogen (secondary N) is 1. The van der Waals surface area contributed by atoms with Crippen molar-refractivity contribution in [2.45, 2.75) is 32.2 Å². The second-order valence-corrected chi connectivity index (χ2v) is 4.14. The van der Waals surface area contributed by atoms with Gasteiger partial charge in [-0.3, -0.25) is 0 Å². The second-order valence-electron chi connectivity index (χ2n) is 4.14. The zero-order valence-electron chi connectivity index (χ0n) is 9.66. The van der Waals surface area contributed by atoms with E-state index in [1.165, 1.54) is 0 Å². The first kappa shape index (κ1) is 11.1. The molecule has 1 aromatic heterocycles. The number of aliphatic hydroxyl groups is 1. The first-order chi connectivity index (χ1) is 7.67. The molecule has 2 N–H and O–H groups in total. The van der Waals surface area contributed by atoms with E-state index in [9.17, 15) is 5.11 Å². The van der Waals surface area contributed by atoms with Crippen LogP contribution in [-0.2, 0) is 0 Å². The highest BCUT2D eigenvalue weighted by molar-refractivity contribution is 5.43. The summed E-state index contributed by atoms with van der Waals surface area (Å²) >= 11 is 0. The molecule has 5 heteroatoms. The van der Waals surface area contributed by atoms with Crippen LogP contribution in [0.5, 0.6) is 5.88 Å². The molecule has 0 unspecified atom stereocenters. The van der Waals surface area contributed by atoms with Gasteiger partial charge < -0.3 is 15.2 Å². The first-order valence-electron chi connectivity index (χ1n) is 5.55. The Morgan fingerprint density at radius 1 is 1.50 bits per heavy atom. The SMILES string of the molecule is CCOc1cc(NC2(CO)CC2)nc(C)n1. The number of ether oxygens (including phenoxy) is 1. The quantitative estimate of drug-likeness (QED) is 0.783. The molecule has 1 heterocycles. The van der Waals surface area contributed by atoms with Gasteiger partial charge in [0.25, 0.3) is 0 Å². The van der Waals surface area contributed by atoms with Gasteiger partial charge in [-0.25, -0.2) is 4.98 Å². The van der Waals surface area contributed by atoms with Crippen molar-refractivity contribution < 1.29 is 9.84 Å². The summed E-state index contributed by atoms with van der Waals surface area (Å²) in [4.78, 5) is 8.44. The molecule has 88 valence electrons. The highest BCUT2D eigenvalue weighted by Crippen LogP contribution is 2.38. The lowest BCUT2D eigenvalue weighted by Gasteiger charge is -2.15. The van der Waals surface area contributed by atoms with E-state index in [0.29, 0.717) is 18.3 Å². The maximum absolute atomic E-state index is 9.22. The van der Waals surface area contributed by atoms with Crippen molar-refractivity contribution in [3.63, 3.8) is 0 Å². The van der Waals surface area contributed by atoms with Crippen molar-refractivity contribution in [3.8, 4) is 5.88 Å². The van der Waals surface area contributed by atoms with Crippen LogP contribution in [0.1, 0.15) is 25.6 Å². The van der Waals surface area contributed by atoms with Crippen molar-refractivity contribution in [2.24, 2.45) is 0 Å². The molecule has 5 nitrogen and oxygen atoms in total. The summed E-state index contributed by atoms with van der Waals surface area (Å²) in [7, 11) is 0. The largest absolute Gasteiger partial charge is 0.478 e. The Morgan fingerprint density at radius 3 is 2.81 bits per heavy atom. The van der Waals surface area contributed by atoms with Crippen LogP contribution in [0.4, 0.5) is 5.82 Å². The van der Waals surface area contributed by atoms with Crippen molar-refractivity contribution in [1.29, 1.82) is 0 Å². The summed E-state index contributed by atoms with van der Waals surface area (Å²) < 4.78 is 5.34. The molecule has 1 aromatic rings. The van der Waals surface area contributed by atoms with Crippen molar-refractivity contribution in [3.05, 3.63) is 11.9 Å². The average Bonchev–Trinajstić information content (AvgIpc) is 2.98. The fourth-order valence-electron chi connectivity index (χ4n) is 1.57. The summed E-state index contributed by atoms with van der Waals surface area (Å²) in [6, 6.07) is 1.77. The molecule has 16 heavy (non-hydrogen) atoms. The lowest BCUT2D eigenvalue weighted by atomic mass is 10.3.